The van der Waals surface area contributed by atoms with Gasteiger partial charge in [0.05, 0.1) is 12.2 Å². The molecule has 0 atom stereocenters. The van der Waals surface area contributed by atoms with Crippen LogP contribution >= 0.6 is 11.3 Å². The predicted molar refractivity (Wildman–Crippen MR) is 73.0 cm³/mol. The zero-order valence-corrected chi connectivity index (χ0v) is 12.0. The van der Waals surface area contributed by atoms with Crippen molar-refractivity contribution in [1.82, 2.24) is 14.7 Å². The summed E-state index contributed by atoms with van der Waals surface area (Å²) in [4.78, 5) is 8.93. The fourth-order valence-corrected chi connectivity index (χ4v) is 3.73. The standard InChI is InChI=1S/C11H14N4O2S2/c1-8-13-5-4-9(15-8)7-14-19(16,17)11-3-2-10(6-12)18-11/h2-5,14H,6-7,12H2,1H3. The average molecular weight is 298 g/mol. The second-order valence-electron chi connectivity index (χ2n) is 3.84. The molecule has 0 radical (unpaired) electrons. The van der Waals surface area contributed by atoms with E-state index in [2.05, 4.69) is 14.7 Å². The van der Waals surface area contributed by atoms with E-state index in [9.17, 15) is 8.42 Å². The Balaban J connectivity index is 2.09. The van der Waals surface area contributed by atoms with E-state index in [1.807, 2.05) is 0 Å². The van der Waals surface area contributed by atoms with Crippen molar-refractivity contribution in [2.24, 2.45) is 5.73 Å². The molecule has 102 valence electrons. The Hall–Kier alpha value is -1.35. The van der Waals surface area contributed by atoms with E-state index in [0.717, 1.165) is 4.88 Å². The molecule has 0 aliphatic rings. The van der Waals surface area contributed by atoms with E-state index in [4.69, 9.17) is 5.73 Å². The van der Waals surface area contributed by atoms with E-state index < -0.39 is 10.0 Å². The number of nitrogens with zero attached hydrogens (tertiary/aromatic N) is 2. The molecule has 2 rings (SSSR count). The van der Waals surface area contributed by atoms with Crippen LogP contribution in [0.5, 0.6) is 0 Å². The molecule has 2 aromatic rings. The highest BCUT2D eigenvalue weighted by atomic mass is 32.2. The molecule has 0 amide bonds. The highest BCUT2D eigenvalue weighted by molar-refractivity contribution is 7.91. The van der Waals surface area contributed by atoms with Gasteiger partial charge in [0.15, 0.2) is 0 Å². The lowest BCUT2D eigenvalue weighted by Crippen LogP contribution is -2.23. The Morgan fingerprint density at radius 2 is 2.16 bits per heavy atom. The number of aromatic nitrogens is 2. The molecule has 0 aliphatic carbocycles. The summed E-state index contributed by atoms with van der Waals surface area (Å²) in [7, 11) is -3.51. The first kappa shape index (κ1) is 14.1. The fraction of sp³-hybridized carbons (Fsp3) is 0.273. The highest BCUT2D eigenvalue weighted by Crippen LogP contribution is 2.20. The van der Waals surface area contributed by atoms with Gasteiger partial charge in [0, 0.05) is 17.6 Å². The number of nitrogens with one attached hydrogen (secondary N) is 1. The molecular formula is C11H14N4O2S2. The smallest absolute Gasteiger partial charge is 0.250 e. The second kappa shape index (κ2) is 5.74. The molecule has 2 aromatic heterocycles. The van der Waals surface area contributed by atoms with Gasteiger partial charge >= 0.3 is 0 Å². The number of aryl methyl sites for hydroxylation is 1. The van der Waals surface area contributed by atoms with Crippen LogP contribution < -0.4 is 10.5 Å². The zero-order valence-electron chi connectivity index (χ0n) is 10.3. The maximum Gasteiger partial charge on any atom is 0.250 e. The van der Waals surface area contributed by atoms with Crippen LogP contribution in [0.15, 0.2) is 28.6 Å². The van der Waals surface area contributed by atoms with Gasteiger partial charge in [0.25, 0.3) is 0 Å². The Labute approximate surface area is 115 Å². The van der Waals surface area contributed by atoms with Crippen molar-refractivity contribution in [3.05, 3.63) is 40.8 Å². The van der Waals surface area contributed by atoms with Gasteiger partial charge in [0.1, 0.15) is 10.0 Å². The monoisotopic (exact) mass is 298 g/mol. The number of thiophene rings is 1. The molecule has 19 heavy (non-hydrogen) atoms. The summed E-state index contributed by atoms with van der Waals surface area (Å²) >= 11 is 1.17. The third-order valence-corrected chi connectivity index (χ3v) is 5.38. The summed E-state index contributed by atoms with van der Waals surface area (Å²) in [5.41, 5.74) is 6.10. The van der Waals surface area contributed by atoms with E-state index in [-0.39, 0.29) is 10.8 Å². The number of sulfonamides is 1. The third kappa shape index (κ3) is 3.57. The number of rotatable bonds is 5. The van der Waals surface area contributed by atoms with Crippen molar-refractivity contribution in [2.45, 2.75) is 24.2 Å². The number of hydrogen-bond donors (Lipinski definition) is 2. The predicted octanol–water partition coefficient (Wildman–Crippen LogP) is 0.784. The summed E-state index contributed by atoms with van der Waals surface area (Å²) in [5, 5.41) is 0. The zero-order chi connectivity index (χ0) is 13.9. The Morgan fingerprint density at radius 3 is 2.79 bits per heavy atom. The first-order valence-corrected chi connectivity index (χ1v) is 7.88. The summed E-state index contributed by atoms with van der Waals surface area (Å²) in [6.07, 6.45) is 1.60. The number of nitrogens with two attached hydrogens (primary N) is 1. The van der Waals surface area contributed by atoms with E-state index in [1.54, 1.807) is 31.3 Å². The van der Waals surface area contributed by atoms with Gasteiger partial charge < -0.3 is 5.73 Å². The summed E-state index contributed by atoms with van der Waals surface area (Å²) in [6, 6.07) is 4.95. The molecule has 6 nitrogen and oxygen atoms in total. The topological polar surface area (TPSA) is 98.0 Å². The van der Waals surface area contributed by atoms with Crippen molar-refractivity contribution < 1.29 is 8.42 Å². The first-order valence-electron chi connectivity index (χ1n) is 5.58. The molecule has 0 unspecified atom stereocenters. The normalized spacial score (nSPS) is 11.7. The van der Waals surface area contributed by atoms with Gasteiger partial charge in [-0.1, -0.05) is 0 Å². The van der Waals surface area contributed by atoms with Crippen LogP contribution in [-0.2, 0) is 23.1 Å². The second-order valence-corrected chi connectivity index (χ2v) is 7.01. The molecule has 2 heterocycles. The molecule has 0 saturated carbocycles. The molecule has 3 N–H and O–H groups in total. The first-order chi connectivity index (χ1) is 9.01. The molecule has 0 fully saturated rings. The van der Waals surface area contributed by atoms with Crippen molar-refractivity contribution in [2.75, 3.05) is 0 Å². The minimum Gasteiger partial charge on any atom is -0.326 e. The summed E-state index contributed by atoms with van der Waals surface area (Å²) in [5.74, 6) is 0.609. The van der Waals surface area contributed by atoms with Crippen molar-refractivity contribution >= 4 is 21.4 Å². The van der Waals surface area contributed by atoms with Gasteiger partial charge in [-0.05, 0) is 25.1 Å². The van der Waals surface area contributed by atoms with Crippen molar-refractivity contribution in [3.63, 3.8) is 0 Å². The van der Waals surface area contributed by atoms with E-state index >= 15 is 0 Å². The lowest BCUT2D eigenvalue weighted by Gasteiger charge is -2.04. The van der Waals surface area contributed by atoms with E-state index in [1.165, 1.54) is 11.3 Å². The van der Waals surface area contributed by atoms with Crippen LogP contribution in [0.25, 0.3) is 0 Å². The molecule has 0 aromatic carbocycles. The lowest BCUT2D eigenvalue weighted by molar-refractivity contribution is 0.582. The van der Waals surface area contributed by atoms with Gasteiger partial charge in [-0.25, -0.2) is 23.1 Å². The van der Waals surface area contributed by atoms with E-state index in [0.29, 0.717) is 18.1 Å². The van der Waals surface area contributed by atoms with Crippen LogP contribution in [0.3, 0.4) is 0 Å². The van der Waals surface area contributed by atoms with Crippen LogP contribution in [0.1, 0.15) is 16.4 Å². The SMILES string of the molecule is Cc1nccc(CNS(=O)(=O)c2ccc(CN)s2)n1. The molecule has 0 bridgehead atoms. The van der Waals surface area contributed by atoms with Crippen molar-refractivity contribution in [3.8, 4) is 0 Å². The molecular weight excluding hydrogens is 284 g/mol. The van der Waals surface area contributed by atoms with Crippen LogP contribution in [0, 0.1) is 6.92 Å². The van der Waals surface area contributed by atoms with Crippen LogP contribution in [-0.4, -0.2) is 18.4 Å². The van der Waals surface area contributed by atoms with Crippen LogP contribution in [0.2, 0.25) is 0 Å². The van der Waals surface area contributed by atoms with Gasteiger partial charge in [-0.2, -0.15) is 0 Å². The summed E-state index contributed by atoms with van der Waals surface area (Å²) < 4.78 is 26.8. The molecule has 0 saturated heterocycles. The fourth-order valence-electron chi connectivity index (χ4n) is 1.46. The molecule has 0 spiro atoms. The lowest BCUT2D eigenvalue weighted by atomic mass is 10.4. The largest absolute Gasteiger partial charge is 0.326 e. The van der Waals surface area contributed by atoms with Crippen LogP contribution in [0.4, 0.5) is 0 Å². The molecule has 0 aliphatic heterocycles. The maximum absolute atomic E-state index is 12.0. The van der Waals surface area contributed by atoms with Gasteiger partial charge in [-0.15, -0.1) is 11.3 Å². The Morgan fingerprint density at radius 1 is 1.37 bits per heavy atom. The van der Waals surface area contributed by atoms with Gasteiger partial charge in [-0.3, -0.25) is 0 Å². The highest BCUT2D eigenvalue weighted by Gasteiger charge is 2.16. The number of hydrogen-bond acceptors (Lipinski definition) is 6. The van der Waals surface area contributed by atoms with Gasteiger partial charge in [0.2, 0.25) is 10.0 Å². The quantitative estimate of drug-likeness (QED) is 0.850. The Kier molecular flexibility index (Phi) is 4.25. The maximum atomic E-state index is 12.0. The minimum absolute atomic E-state index is 0.140. The summed E-state index contributed by atoms with van der Waals surface area (Å²) in [6.45, 7) is 2.23. The minimum atomic E-state index is -3.51. The van der Waals surface area contributed by atoms with Crippen molar-refractivity contribution in [1.29, 1.82) is 0 Å². The third-order valence-electron chi connectivity index (χ3n) is 2.38. The average Bonchev–Trinajstić information content (AvgIpc) is 2.86. The Bertz CT molecular complexity index is 667. The molecule has 8 heteroatoms.